The molecule has 1 atom stereocenters. The summed E-state index contributed by atoms with van der Waals surface area (Å²) in [5.74, 6) is 0.655. The van der Waals surface area contributed by atoms with Gasteiger partial charge in [0.2, 0.25) is 15.9 Å². The molecule has 5 nitrogen and oxygen atoms in total. The third-order valence-electron chi connectivity index (χ3n) is 3.87. The van der Waals surface area contributed by atoms with Gasteiger partial charge in [-0.1, -0.05) is 29.8 Å². The highest BCUT2D eigenvalue weighted by atomic mass is 35.5. The van der Waals surface area contributed by atoms with Gasteiger partial charge in [0.05, 0.1) is 12.8 Å². The minimum atomic E-state index is -3.34. The Morgan fingerprint density at radius 3 is 2.74 bits per heavy atom. The van der Waals surface area contributed by atoms with Crippen molar-refractivity contribution in [2.24, 2.45) is 0 Å². The van der Waals surface area contributed by atoms with Crippen molar-refractivity contribution in [3.8, 4) is 0 Å². The number of hydrogen-bond acceptors (Lipinski definition) is 4. The predicted molar refractivity (Wildman–Crippen MR) is 95.3 cm³/mol. The zero-order chi connectivity index (χ0) is 17.0. The Balaban J connectivity index is 1.99. The van der Waals surface area contributed by atoms with Gasteiger partial charge in [-0.3, -0.25) is 4.79 Å². The summed E-state index contributed by atoms with van der Waals surface area (Å²) in [6, 6.07) is 7.78. The van der Waals surface area contributed by atoms with E-state index >= 15 is 0 Å². The first-order valence-electron chi connectivity index (χ1n) is 7.34. The molecule has 1 saturated heterocycles. The van der Waals surface area contributed by atoms with Crippen LogP contribution in [0.2, 0.25) is 5.02 Å². The van der Waals surface area contributed by atoms with Gasteiger partial charge < -0.3 is 4.90 Å². The fourth-order valence-electron chi connectivity index (χ4n) is 2.41. The van der Waals surface area contributed by atoms with E-state index in [2.05, 4.69) is 0 Å². The monoisotopic (exact) mass is 376 g/mol. The third kappa shape index (κ3) is 5.11. The van der Waals surface area contributed by atoms with Gasteiger partial charge in [-0.2, -0.15) is 16.1 Å². The predicted octanol–water partition coefficient (Wildman–Crippen LogP) is 2.24. The zero-order valence-corrected chi connectivity index (χ0v) is 15.6. The number of thioether (sulfide) groups is 1. The molecule has 0 N–H and O–H groups in total. The van der Waals surface area contributed by atoms with Crippen molar-refractivity contribution in [2.45, 2.75) is 11.7 Å². The lowest BCUT2D eigenvalue weighted by Crippen LogP contribution is -2.41. The van der Waals surface area contributed by atoms with Crippen molar-refractivity contribution in [1.82, 2.24) is 9.21 Å². The Bertz CT molecular complexity index is 666. The van der Waals surface area contributed by atoms with E-state index in [1.54, 1.807) is 16.7 Å². The van der Waals surface area contributed by atoms with Gasteiger partial charge >= 0.3 is 0 Å². The van der Waals surface area contributed by atoms with Gasteiger partial charge in [-0.15, -0.1) is 0 Å². The standard InChI is InChI=1S/C15H21ClN2O3S2/c1-17(23(2,20)21)11-15(19)18-8-7-14(22-10-9-18)12-5-3-4-6-13(12)16/h3-6,14H,7-11H2,1-2H3. The van der Waals surface area contributed by atoms with Crippen molar-refractivity contribution < 1.29 is 13.2 Å². The first kappa shape index (κ1) is 18.6. The van der Waals surface area contributed by atoms with Gasteiger partial charge in [0.15, 0.2) is 0 Å². The van der Waals surface area contributed by atoms with Crippen LogP contribution < -0.4 is 0 Å². The molecule has 23 heavy (non-hydrogen) atoms. The number of carbonyl (C=O) groups excluding carboxylic acids is 1. The molecule has 0 radical (unpaired) electrons. The highest BCUT2D eigenvalue weighted by molar-refractivity contribution is 7.99. The second kappa shape index (κ2) is 7.88. The molecule has 0 spiro atoms. The molecule has 1 amide bonds. The Kier molecular flexibility index (Phi) is 6.36. The fraction of sp³-hybridized carbons (Fsp3) is 0.533. The Morgan fingerprint density at radius 1 is 1.39 bits per heavy atom. The summed E-state index contributed by atoms with van der Waals surface area (Å²) in [6.45, 7) is 1.13. The van der Waals surface area contributed by atoms with Crippen molar-refractivity contribution in [3.63, 3.8) is 0 Å². The summed E-state index contributed by atoms with van der Waals surface area (Å²) in [6.07, 6.45) is 1.91. The number of nitrogens with zero attached hydrogens (tertiary/aromatic N) is 2. The molecule has 1 fully saturated rings. The Labute approximate surface area is 147 Å². The van der Waals surface area contributed by atoms with Crippen molar-refractivity contribution in [2.75, 3.05) is 38.7 Å². The molecule has 1 unspecified atom stereocenters. The van der Waals surface area contributed by atoms with Crippen LogP contribution in [0.1, 0.15) is 17.2 Å². The van der Waals surface area contributed by atoms with Crippen LogP contribution in [-0.2, 0) is 14.8 Å². The van der Waals surface area contributed by atoms with E-state index in [9.17, 15) is 13.2 Å². The second-order valence-electron chi connectivity index (χ2n) is 5.57. The molecular weight excluding hydrogens is 356 g/mol. The van der Waals surface area contributed by atoms with E-state index in [0.717, 1.165) is 33.3 Å². The lowest BCUT2D eigenvalue weighted by Gasteiger charge is -2.23. The van der Waals surface area contributed by atoms with E-state index in [-0.39, 0.29) is 17.7 Å². The first-order valence-corrected chi connectivity index (χ1v) is 10.6. The average Bonchev–Trinajstić information content (AvgIpc) is 2.72. The van der Waals surface area contributed by atoms with Crippen molar-refractivity contribution in [3.05, 3.63) is 34.9 Å². The van der Waals surface area contributed by atoms with Crippen LogP contribution in [0.15, 0.2) is 24.3 Å². The SMILES string of the molecule is CN(CC(=O)N1CCSC(c2ccccc2Cl)CC1)S(C)(=O)=O. The number of likely N-dealkylation sites (N-methyl/N-ethyl adjacent to an activating group) is 1. The summed E-state index contributed by atoms with van der Waals surface area (Å²) in [5, 5.41) is 1.01. The van der Waals surface area contributed by atoms with Gasteiger partial charge in [-0.05, 0) is 18.1 Å². The van der Waals surface area contributed by atoms with Gasteiger partial charge in [0, 0.05) is 36.2 Å². The van der Waals surface area contributed by atoms with Gasteiger partial charge in [-0.25, -0.2) is 8.42 Å². The van der Waals surface area contributed by atoms with E-state index in [4.69, 9.17) is 11.6 Å². The number of sulfonamides is 1. The molecule has 1 aromatic carbocycles. The van der Waals surface area contributed by atoms with E-state index in [1.165, 1.54) is 7.05 Å². The number of amides is 1. The number of rotatable bonds is 4. The Hall–Kier alpha value is -0.760. The van der Waals surface area contributed by atoms with Crippen LogP contribution in [0.4, 0.5) is 0 Å². The highest BCUT2D eigenvalue weighted by Crippen LogP contribution is 2.37. The minimum absolute atomic E-state index is 0.111. The maximum Gasteiger partial charge on any atom is 0.237 e. The molecule has 8 heteroatoms. The summed E-state index contributed by atoms with van der Waals surface area (Å²) < 4.78 is 23.9. The van der Waals surface area contributed by atoms with Crippen LogP contribution in [0.25, 0.3) is 0 Å². The van der Waals surface area contributed by atoms with E-state index in [1.807, 2.05) is 24.3 Å². The van der Waals surface area contributed by atoms with Crippen LogP contribution in [0.3, 0.4) is 0 Å². The number of hydrogen-bond donors (Lipinski definition) is 0. The molecule has 0 saturated carbocycles. The molecule has 1 heterocycles. The summed E-state index contributed by atoms with van der Waals surface area (Å²) in [4.78, 5) is 14.0. The van der Waals surface area contributed by atoms with Gasteiger partial charge in [0.1, 0.15) is 0 Å². The lowest BCUT2D eigenvalue weighted by atomic mass is 10.1. The largest absolute Gasteiger partial charge is 0.341 e. The van der Waals surface area contributed by atoms with Crippen molar-refractivity contribution >= 4 is 39.3 Å². The molecule has 0 aliphatic carbocycles. The third-order valence-corrected chi connectivity index (χ3v) is 6.79. The number of benzene rings is 1. The molecule has 1 aromatic rings. The minimum Gasteiger partial charge on any atom is -0.341 e. The molecule has 2 rings (SSSR count). The smallest absolute Gasteiger partial charge is 0.237 e. The Morgan fingerprint density at radius 2 is 2.09 bits per heavy atom. The van der Waals surface area contributed by atoms with E-state index in [0.29, 0.717) is 13.1 Å². The fourth-order valence-corrected chi connectivity index (χ4v) is 4.36. The molecular formula is C15H21ClN2O3S2. The van der Waals surface area contributed by atoms with Crippen LogP contribution in [0, 0.1) is 0 Å². The molecule has 128 valence electrons. The summed E-state index contributed by atoms with van der Waals surface area (Å²) in [7, 11) is -1.92. The highest BCUT2D eigenvalue weighted by Gasteiger charge is 2.25. The maximum atomic E-state index is 12.3. The second-order valence-corrected chi connectivity index (χ2v) is 9.38. The van der Waals surface area contributed by atoms with Crippen LogP contribution >= 0.6 is 23.4 Å². The quantitative estimate of drug-likeness (QED) is 0.808. The topological polar surface area (TPSA) is 57.7 Å². The summed E-state index contributed by atoms with van der Waals surface area (Å²) in [5.41, 5.74) is 1.10. The normalized spacial score (nSPS) is 19.7. The number of carbonyl (C=O) groups is 1. The first-order chi connectivity index (χ1) is 10.8. The molecule has 1 aliphatic heterocycles. The van der Waals surface area contributed by atoms with E-state index < -0.39 is 10.0 Å². The zero-order valence-electron chi connectivity index (χ0n) is 13.2. The van der Waals surface area contributed by atoms with Crippen molar-refractivity contribution in [1.29, 1.82) is 0 Å². The molecule has 1 aliphatic rings. The lowest BCUT2D eigenvalue weighted by molar-refractivity contribution is -0.130. The molecule has 0 bridgehead atoms. The van der Waals surface area contributed by atoms with Gasteiger partial charge in [0.25, 0.3) is 0 Å². The van der Waals surface area contributed by atoms with Crippen LogP contribution in [0.5, 0.6) is 0 Å². The average molecular weight is 377 g/mol. The molecule has 0 aromatic heterocycles. The number of halogens is 1. The summed E-state index contributed by atoms with van der Waals surface area (Å²) >= 11 is 8.05. The maximum absolute atomic E-state index is 12.3. The van der Waals surface area contributed by atoms with Crippen LogP contribution in [-0.4, -0.2) is 62.2 Å².